The highest BCUT2D eigenvalue weighted by Gasteiger charge is 2.47. The van der Waals surface area contributed by atoms with Gasteiger partial charge in [0, 0.05) is 18.6 Å². The van der Waals surface area contributed by atoms with Gasteiger partial charge in [0.25, 0.3) is 0 Å². The quantitative estimate of drug-likeness (QED) is 0.760. The number of amides is 1. The van der Waals surface area contributed by atoms with E-state index in [1.807, 2.05) is 31.2 Å². The summed E-state index contributed by atoms with van der Waals surface area (Å²) in [5.74, 6) is -0.239. The van der Waals surface area contributed by atoms with Gasteiger partial charge in [0.05, 0.1) is 30.4 Å². The van der Waals surface area contributed by atoms with Gasteiger partial charge in [0.2, 0.25) is 5.91 Å². The number of anilines is 1. The number of rotatable bonds is 3. The monoisotopic (exact) mass is 420 g/mol. The second-order valence-electron chi connectivity index (χ2n) is 9.05. The molecule has 2 aromatic carbocycles. The van der Waals surface area contributed by atoms with Gasteiger partial charge in [-0.2, -0.15) is 0 Å². The van der Waals surface area contributed by atoms with Gasteiger partial charge >= 0.3 is 0 Å². The van der Waals surface area contributed by atoms with Gasteiger partial charge in [0.1, 0.15) is 5.78 Å². The molecule has 2 aliphatic rings. The summed E-state index contributed by atoms with van der Waals surface area (Å²) in [5.41, 5.74) is 2.74. The van der Waals surface area contributed by atoms with Gasteiger partial charge in [0.15, 0.2) is 11.5 Å². The molecule has 31 heavy (non-hydrogen) atoms. The number of carbonyl (C=O) groups excluding carboxylic acids is 2. The summed E-state index contributed by atoms with van der Waals surface area (Å²) in [7, 11) is 1.48. The molecule has 1 heterocycles. The van der Waals surface area contributed by atoms with E-state index >= 15 is 0 Å². The second-order valence-corrected chi connectivity index (χ2v) is 9.05. The van der Waals surface area contributed by atoms with Crippen LogP contribution in [0.1, 0.15) is 51.6 Å². The fraction of sp³-hybridized carbons (Fsp3) is 0.400. The summed E-state index contributed by atoms with van der Waals surface area (Å²) in [4.78, 5) is 33.4. The fourth-order valence-corrected chi connectivity index (χ4v) is 4.79. The maximum atomic E-state index is 13.5. The van der Waals surface area contributed by atoms with E-state index in [1.165, 1.54) is 7.11 Å². The largest absolute Gasteiger partial charge is 0.504 e. The molecular weight excluding hydrogens is 392 g/mol. The average molecular weight is 421 g/mol. The number of ketones is 1. The molecule has 6 nitrogen and oxygen atoms in total. The van der Waals surface area contributed by atoms with Crippen LogP contribution in [0.5, 0.6) is 11.5 Å². The molecule has 4 rings (SSSR count). The Morgan fingerprint density at radius 2 is 1.97 bits per heavy atom. The highest BCUT2D eigenvalue weighted by Crippen LogP contribution is 2.49. The molecule has 1 unspecified atom stereocenters. The van der Waals surface area contributed by atoms with Gasteiger partial charge in [-0.25, -0.2) is 0 Å². The minimum Gasteiger partial charge on any atom is -0.504 e. The van der Waals surface area contributed by atoms with Crippen LogP contribution < -0.4 is 9.64 Å². The molecule has 0 saturated heterocycles. The van der Waals surface area contributed by atoms with Gasteiger partial charge in [-0.3, -0.25) is 14.6 Å². The lowest BCUT2D eigenvalue weighted by Crippen LogP contribution is -2.47. The number of hydrogen-bond donors (Lipinski definition) is 1. The van der Waals surface area contributed by atoms with Crippen molar-refractivity contribution in [3.63, 3.8) is 0 Å². The van der Waals surface area contributed by atoms with Gasteiger partial charge in [-0.05, 0) is 41.7 Å². The highest BCUT2D eigenvalue weighted by atomic mass is 16.5. The Labute approximate surface area is 182 Å². The molecule has 1 fully saturated rings. The number of para-hydroxylation sites is 2. The van der Waals surface area contributed by atoms with E-state index in [1.54, 1.807) is 23.1 Å². The van der Waals surface area contributed by atoms with Crippen molar-refractivity contribution in [1.29, 1.82) is 0 Å². The lowest BCUT2D eigenvalue weighted by Gasteiger charge is -2.41. The minimum atomic E-state index is -0.562. The summed E-state index contributed by atoms with van der Waals surface area (Å²) in [6.07, 6.45) is 1.40. The predicted molar refractivity (Wildman–Crippen MR) is 120 cm³/mol. The van der Waals surface area contributed by atoms with Crippen LogP contribution in [0.2, 0.25) is 0 Å². The number of methoxy groups -OCH3 is 1. The Morgan fingerprint density at radius 3 is 2.68 bits per heavy atom. The van der Waals surface area contributed by atoms with Crippen LogP contribution in [-0.4, -0.2) is 29.6 Å². The number of hydrogen-bond acceptors (Lipinski definition) is 5. The fourth-order valence-electron chi connectivity index (χ4n) is 4.79. The molecule has 1 N–H and O–H groups in total. The Bertz CT molecular complexity index is 1070. The average Bonchev–Trinajstić information content (AvgIpc) is 2.87. The third kappa shape index (κ3) is 3.71. The van der Waals surface area contributed by atoms with E-state index in [4.69, 9.17) is 9.73 Å². The first-order valence-corrected chi connectivity index (χ1v) is 10.6. The number of Topliss-reactive ketones (excluding diaryl/α,β-unsaturated/α-hetero) is 1. The number of carbonyl (C=O) groups is 2. The Kier molecular flexibility index (Phi) is 5.33. The summed E-state index contributed by atoms with van der Waals surface area (Å²) < 4.78 is 5.33. The molecule has 0 radical (unpaired) electrons. The van der Waals surface area contributed by atoms with Crippen LogP contribution in [0.15, 0.2) is 47.5 Å². The van der Waals surface area contributed by atoms with E-state index in [9.17, 15) is 14.7 Å². The molecule has 1 aliphatic heterocycles. The molecule has 2 atom stereocenters. The standard InChI is InChI=1S/C25H28N2O4/c1-5-22(30)27-18-9-7-6-8-16(18)26-17-13-25(2,3)14-20(29)23(17)24(27)15-10-11-19(28)21(12-15)31-4/h6-12,23-24,28H,5,13-14H2,1-4H3/t23?,24-/m1/s1. The molecule has 6 heteroatoms. The third-order valence-corrected chi connectivity index (χ3v) is 6.13. The van der Waals surface area contributed by atoms with E-state index < -0.39 is 12.0 Å². The molecular formula is C25H28N2O4. The lowest BCUT2D eigenvalue weighted by atomic mass is 9.68. The van der Waals surface area contributed by atoms with Crippen molar-refractivity contribution in [2.45, 2.75) is 46.1 Å². The van der Waals surface area contributed by atoms with Crippen molar-refractivity contribution >= 4 is 28.8 Å². The minimum absolute atomic E-state index is 0.0126. The van der Waals surface area contributed by atoms with Crippen LogP contribution in [0.25, 0.3) is 0 Å². The number of ether oxygens (including phenoxy) is 1. The number of phenols is 1. The smallest absolute Gasteiger partial charge is 0.227 e. The first-order valence-electron chi connectivity index (χ1n) is 10.6. The Morgan fingerprint density at radius 1 is 1.23 bits per heavy atom. The number of benzene rings is 2. The van der Waals surface area contributed by atoms with E-state index in [0.29, 0.717) is 36.4 Å². The summed E-state index contributed by atoms with van der Waals surface area (Å²) in [6, 6.07) is 12.0. The van der Waals surface area contributed by atoms with E-state index in [2.05, 4.69) is 13.8 Å². The van der Waals surface area contributed by atoms with Gasteiger partial charge in [-0.15, -0.1) is 0 Å². The van der Waals surface area contributed by atoms with Crippen LogP contribution in [0.3, 0.4) is 0 Å². The number of phenolic OH excluding ortho intramolecular Hbond substituents is 1. The zero-order valence-corrected chi connectivity index (χ0v) is 18.4. The van der Waals surface area contributed by atoms with Gasteiger partial charge in [-0.1, -0.05) is 39.0 Å². The highest BCUT2D eigenvalue weighted by molar-refractivity contribution is 6.13. The second kappa shape index (κ2) is 7.84. The van der Waals surface area contributed by atoms with Crippen molar-refractivity contribution < 1.29 is 19.4 Å². The normalized spacial score (nSPS) is 22.1. The molecule has 0 spiro atoms. The molecule has 1 saturated carbocycles. The van der Waals surface area contributed by atoms with Crippen molar-refractivity contribution in [2.24, 2.45) is 16.3 Å². The first-order chi connectivity index (χ1) is 14.8. The van der Waals surface area contributed by atoms with E-state index in [-0.39, 0.29) is 22.9 Å². The summed E-state index contributed by atoms with van der Waals surface area (Å²) in [5, 5.41) is 10.1. The van der Waals surface area contributed by atoms with E-state index in [0.717, 1.165) is 11.3 Å². The molecule has 2 aromatic rings. The summed E-state index contributed by atoms with van der Waals surface area (Å²) in [6.45, 7) is 5.97. The van der Waals surface area contributed by atoms with Crippen molar-refractivity contribution in [3.8, 4) is 11.5 Å². The summed E-state index contributed by atoms with van der Waals surface area (Å²) >= 11 is 0. The van der Waals surface area contributed by atoms with Crippen molar-refractivity contribution in [2.75, 3.05) is 12.0 Å². The van der Waals surface area contributed by atoms with Crippen molar-refractivity contribution in [3.05, 3.63) is 48.0 Å². The third-order valence-electron chi connectivity index (χ3n) is 6.13. The Balaban J connectivity index is 1.99. The van der Waals surface area contributed by atoms with Crippen molar-refractivity contribution in [1.82, 2.24) is 0 Å². The van der Waals surface area contributed by atoms with Crippen LogP contribution in [0.4, 0.5) is 11.4 Å². The SMILES string of the molecule is CCC(=O)N1c2ccccc2N=C2CC(C)(C)CC(=O)C2[C@H]1c1ccc(O)c(OC)c1. The molecule has 0 bridgehead atoms. The number of nitrogens with zero attached hydrogens (tertiary/aromatic N) is 2. The topological polar surface area (TPSA) is 79.2 Å². The number of aromatic hydroxyl groups is 1. The number of aliphatic imine (C=N–C) groups is 1. The zero-order valence-electron chi connectivity index (χ0n) is 18.4. The maximum Gasteiger partial charge on any atom is 0.227 e. The molecule has 1 aliphatic carbocycles. The van der Waals surface area contributed by atoms with Crippen LogP contribution >= 0.6 is 0 Å². The Hall–Kier alpha value is -3.15. The number of fused-ring (bicyclic) bond motifs is 2. The first kappa shape index (κ1) is 21.1. The van der Waals surface area contributed by atoms with Crippen LogP contribution in [0, 0.1) is 11.3 Å². The zero-order chi connectivity index (χ0) is 22.3. The maximum absolute atomic E-state index is 13.5. The predicted octanol–water partition coefficient (Wildman–Crippen LogP) is 4.98. The molecule has 162 valence electrons. The lowest BCUT2D eigenvalue weighted by molar-refractivity contribution is -0.125. The van der Waals surface area contributed by atoms with Gasteiger partial charge < -0.3 is 14.7 Å². The van der Waals surface area contributed by atoms with Crippen LogP contribution in [-0.2, 0) is 9.59 Å². The molecule has 0 aromatic heterocycles. The molecule has 1 amide bonds.